The van der Waals surface area contributed by atoms with E-state index in [1.165, 1.54) is 0 Å². The smallest absolute Gasteiger partial charge is 0.316 e. The number of carbonyl (C=O) groups is 1. The molecule has 5 nitrogen and oxygen atoms in total. The molecule has 0 radical (unpaired) electrons. The van der Waals surface area contributed by atoms with Crippen molar-refractivity contribution in [1.82, 2.24) is 6.15 Å². The van der Waals surface area contributed by atoms with E-state index in [2.05, 4.69) is 0 Å². The highest BCUT2D eigenvalue weighted by Crippen LogP contribution is 2.43. The van der Waals surface area contributed by atoms with Crippen molar-refractivity contribution >= 4 is 13.3 Å². The average molecular weight is 183 g/mol. The molecule has 0 saturated carbocycles. The number of carboxylic acid groups (broad SMARTS) is 1. The summed E-state index contributed by atoms with van der Waals surface area (Å²) >= 11 is 0. The van der Waals surface area contributed by atoms with E-state index in [1.807, 2.05) is 0 Å². The summed E-state index contributed by atoms with van der Waals surface area (Å²) in [6, 6.07) is 0. The van der Waals surface area contributed by atoms with Gasteiger partial charge < -0.3 is 16.2 Å². The molecule has 2 atom stereocenters. The molecular formula is C5H14NO4P. The van der Waals surface area contributed by atoms with Crippen molar-refractivity contribution in [1.29, 1.82) is 0 Å². The van der Waals surface area contributed by atoms with Crippen LogP contribution in [0.3, 0.4) is 0 Å². The predicted molar refractivity (Wildman–Crippen MR) is 42.5 cm³/mol. The van der Waals surface area contributed by atoms with Crippen LogP contribution in [0, 0.1) is 0 Å². The van der Waals surface area contributed by atoms with Gasteiger partial charge in [-0.05, 0) is 6.42 Å². The molecule has 0 heterocycles. The minimum atomic E-state index is -3.43. The van der Waals surface area contributed by atoms with Gasteiger partial charge in [0.05, 0.1) is 0 Å². The van der Waals surface area contributed by atoms with Crippen LogP contribution in [0.2, 0.25) is 0 Å². The molecule has 68 valence electrons. The maximum absolute atomic E-state index is 10.8. The Morgan fingerprint density at radius 3 is 2.00 bits per heavy atom. The molecule has 0 aromatic rings. The van der Waals surface area contributed by atoms with Gasteiger partial charge in [-0.25, -0.2) is 0 Å². The molecule has 11 heavy (non-hydrogen) atoms. The Balaban J connectivity index is 0. The van der Waals surface area contributed by atoms with Crippen molar-refractivity contribution in [2.75, 3.05) is 6.66 Å². The molecule has 0 amide bonds. The van der Waals surface area contributed by atoms with Crippen LogP contribution in [-0.2, 0) is 9.36 Å². The van der Waals surface area contributed by atoms with Crippen molar-refractivity contribution in [2.45, 2.75) is 19.0 Å². The molecule has 0 aromatic carbocycles. The molecular weight excluding hydrogens is 169 g/mol. The molecule has 0 spiro atoms. The number of rotatable bonds is 3. The highest BCUT2D eigenvalue weighted by molar-refractivity contribution is 7.58. The largest absolute Gasteiger partial charge is 0.481 e. The molecule has 0 saturated heterocycles. The second-order valence-electron chi connectivity index (χ2n) is 2.21. The van der Waals surface area contributed by atoms with Gasteiger partial charge in [-0.1, -0.05) is 6.92 Å². The van der Waals surface area contributed by atoms with E-state index in [9.17, 15) is 9.36 Å². The summed E-state index contributed by atoms with van der Waals surface area (Å²) in [5, 5.41) is 8.38. The fourth-order valence-corrected chi connectivity index (χ4v) is 1.81. The van der Waals surface area contributed by atoms with Crippen LogP contribution in [-0.4, -0.2) is 28.3 Å². The third kappa shape index (κ3) is 4.14. The molecule has 0 aliphatic heterocycles. The van der Waals surface area contributed by atoms with Gasteiger partial charge in [-0.15, -0.1) is 0 Å². The van der Waals surface area contributed by atoms with Crippen LogP contribution >= 0.6 is 7.37 Å². The number of hydrogen-bond acceptors (Lipinski definition) is 3. The second kappa shape index (κ2) is 4.49. The van der Waals surface area contributed by atoms with E-state index in [0.717, 1.165) is 6.66 Å². The summed E-state index contributed by atoms with van der Waals surface area (Å²) in [7, 11) is -3.43. The van der Waals surface area contributed by atoms with E-state index in [4.69, 9.17) is 10.00 Å². The Kier molecular flexibility index (Phi) is 5.40. The average Bonchev–Trinajstić information content (AvgIpc) is 1.60. The minimum Gasteiger partial charge on any atom is -0.481 e. The Morgan fingerprint density at radius 2 is 2.00 bits per heavy atom. The van der Waals surface area contributed by atoms with Crippen LogP contribution in [0.15, 0.2) is 0 Å². The normalized spacial score (nSPS) is 17.7. The molecule has 2 unspecified atom stereocenters. The third-order valence-electron chi connectivity index (χ3n) is 1.25. The molecule has 0 aliphatic rings. The van der Waals surface area contributed by atoms with Gasteiger partial charge in [0.1, 0.15) is 5.66 Å². The highest BCUT2D eigenvalue weighted by Gasteiger charge is 2.30. The molecule has 0 aromatic heterocycles. The van der Waals surface area contributed by atoms with Crippen LogP contribution in [0.5, 0.6) is 0 Å². The van der Waals surface area contributed by atoms with Gasteiger partial charge in [-0.3, -0.25) is 9.36 Å². The summed E-state index contributed by atoms with van der Waals surface area (Å²) in [6.07, 6.45) is 0.194. The lowest BCUT2D eigenvalue weighted by molar-refractivity contribution is -0.136. The number of hydrogen-bond donors (Lipinski definition) is 3. The van der Waals surface area contributed by atoms with Gasteiger partial charge in [0, 0.05) is 6.66 Å². The van der Waals surface area contributed by atoms with Crippen LogP contribution in [0.25, 0.3) is 0 Å². The summed E-state index contributed by atoms with van der Waals surface area (Å²) in [5.74, 6) is -1.20. The molecule has 5 N–H and O–H groups in total. The first-order chi connectivity index (χ1) is 4.39. The van der Waals surface area contributed by atoms with Crippen LogP contribution in [0.1, 0.15) is 13.3 Å². The van der Waals surface area contributed by atoms with Gasteiger partial charge in [0.25, 0.3) is 0 Å². The Bertz CT molecular complexity index is 175. The standard InChI is InChI=1S/C5H11O4P.H3N/c1-3-4(5(6)7)10(2,8)9;/h4H,3H2,1-2H3,(H,6,7)(H,8,9);1H3. The summed E-state index contributed by atoms with van der Waals surface area (Å²) in [6.45, 7) is 2.64. The zero-order valence-electron chi connectivity index (χ0n) is 6.65. The zero-order chi connectivity index (χ0) is 8.36. The fourth-order valence-electron chi connectivity index (χ4n) is 0.718. The van der Waals surface area contributed by atoms with Crippen LogP contribution < -0.4 is 6.15 Å². The topological polar surface area (TPSA) is 110 Å². The van der Waals surface area contributed by atoms with Gasteiger partial charge in [0.2, 0.25) is 7.37 Å². The Hall–Kier alpha value is -0.380. The lowest BCUT2D eigenvalue weighted by Crippen LogP contribution is -2.18. The third-order valence-corrected chi connectivity index (χ3v) is 2.99. The summed E-state index contributed by atoms with van der Waals surface area (Å²) in [4.78, 5) is 19.1. The molecule has 0 rings (SSSR count). The summed E-state index contributed by atoms with van der Waals surface area (Å²) < 4.78 is 10.8. The van der Waals surface area contributed by atoms with E-state index in [0.29, 0.717) is 0 Å². The lowest BCUT2D eigenvalue weighted by atomic mass is 10.3. The highest BCUT2D eigenvalue weighted by atomic mass is 31.2. The SMILES string of the molecule is CCC(C(=O)O)P(C)(=O)O.N. The maximum Gasteiger partial charge on any atom is 0.316 e. The lowest BCUT2D eigenvalue weighted by Gasteiger charge is -2.12. The maximum atomic E-state index is 10.8. The van der Waals surface area contributed by atoms with E-state index in [-0.39, 0.29) is 12.6 Å². The van der Waals surface area contributed by atoms with Crippen molar-refractivity contribution in [2.24, 2.45) is 0 Å². The predicted octanol–water partition coefficient (Wildman–Crippen LogP) is 0.912. The van der Waals surface area contributed by atoms with Crippen molar-refractivity contribution in [3.05, 3.63) is 0 Å². The number of carboxylic acids is 1. The molecule has 0 bridgehead atoms. The first-order valence-corrected chi connectivity index (χ1v) is 5.10. The van der Waals surface area contributed by atoms with Gasteiger partial charge in [0.15, 0.2) is 0 Å². The van der Waals surface area contributed by atoms with E-state index < -0.39 is 19.0 Å². The first-order valence-electron chi connectivity index (χ1n) is 2.92. The quantitative estimate of drug-likeness (QED) is 0.563. The van der Waals surface area contributed by atoms with Crippen molar-refractivity contribution in [3.63, 3.8) is 0 Å². The first kappa shape index (κ1) is 13.2. The second-order valence-corrected chi connectivity index (χ2v) is 4.72. The molecule has 0 fully saturated rings. The Labute approximate surface area is 65.5 Å². The van der Waals surface area contributed by atoms with E-state index in [1.54, 1.807) is 6.92 Å². The summed E-state index contributed by atoms with van der Waals surface area (Å²) in [5.41, 5.74) is -1.10. The fraction of sp³-hybridized carbons (Fsp3) is 0.800. The molecule has 6 heteroatoms. The Morgan fingerprint density at radius 1 is 1.64 bits per heavy atom. The van der Waals surface area contributed by atoms with Gasteiger partial charge in [-0.2, -0.15) is 0 Å². The monoisotopic (exact) mass is 183 g/mol. The van der Waals surface area contributed by atoms with Gasteiger partial charge >= 0.3 is 5.97 Å². The van der Waals surface area contributed by atoms with Crippen molar-refractivity contribution in [3.8, 4) is 0 Å². The van der Waals surface area contributed by atoms with Crippen molar-refractivity contribution < 1.29 is 19.4 Å². The van der Waals surface area contributed by atoms with E-state index >= 15 is 0 Å². The van der Waals surface area contributed by atoms with Crippen LogP contribution in [0.4, 0.5) is 0 Å². The molecule has 0 aliphatic carbocycles. The minimum absolute atomic E-state index is 0. The number of aliphatic carboxylic acids is 1. The zero-order valence-corrected chi connectivity index (χ0v) is 7.54.